The molecule has 0 saturated heterocycles. The fourth-order valence-corrected chi connectivity index (χ4v) is 20.0. The van der Waals surface area contributed by atoms with Crippen molar-refractivity contribution in [3.63, 3.8) is 0 Å². The molecule has 13 heteroatoms. The van der Waals surface area contributed by atoms with E-state index in [0.717, 1.165) is 49.4 Å². The Labute approximate surface area is 370 Å². The van der Waals surface area contributed by atoms with Crippen LogP contribution in [0.5, 0.6) is 5.75 Å². The Morgan fingerprint density at radius 3 is 2.14 bits per heavy atom. The quantitative estimate of drug-likeness (QED) is 0.0404. The van der Waals surface area contributed by atoms with Gasteiger partial charge in [-0.15, -0.1) is 11.8 Å². The lowest BCUT2D eigenvalue weighted by atomic mass is 9.87. The second kappa shape index (κ2) is 24.5. The van der Waals surface area contributed by atoms with Gasteiger partial charge in [-0.2, -0.15) is 0 Å². The molecule has 0 fully saturated rings. The molecule has 2 rings (SSSR count). The Hall–Kier alpha value is -1.13. The van der Waals surface area contributed by atoms with Crippen LogP contribution in [0.3, 0.4) is 0 Å². The number of esters is 1. The number of ether oxygens (including phenoxy) is 2. The summed E-state index contributed by atoms with van der Waals surface area (Å²) >= 11 is 7.84. The highest BCUT2D eigenvalue weighted by molar-refractivity contribution is 8.03. The number of carboxylic acids is 1. The van der Waals surface area contributed by atoms with Gasteiger partial charge >= 0.3 is 11.9 Å². The Bertz CT molecular complexity index is 1470. The highest BCUT2D eigenvalue weighted by Crippen LogP contribution is 2.53. The zero-order chi connectivity index (χ0) is 43.8. The van der Waals surface area contributed by atoms with Crippen LogP contribution < -0.4 is 4.74 Å². The van der Waals surface area contributed by atoms with Crippen molar-refractivity contribution < 1.29 is 32.4 Å². The summed E-state index contributed by atoms with van der Waals surface area (Å²) in [5.74, 6) is 1.62. The predicted molar refractivity (Wildman–Crippen MR) is 259 cm³/mol. The van der Waals surface area contributed by atoms with Gasteiger partial charge in [0.05, 0.1) is 12.0 Å². The monoisotopic (exact) mass is 912 g/mol. The van der Waals surface area contributed by atoms with E-state index in [4.69, 9.17) is 29.3 Å². The minimum Gasteiger partial charge on any atom is -0.494 e. The Morgan fingerprint density at radius 2 is 1.53 bits per heavy atom. The summed E-state index contributed by atoms with van der Waals surface area (Å²) in [5, 5.41) is 10.3. The lowest BCUT2D eigenvalue weighted by molar-refractivity contribution is -0.150. The van der Waals surface area contributed by atoms with Crippen molar-refractivity contribution in [2.75, 3.05) is 12.4 Å². The zero-order valence-electron chi connectivity index (χ0n) is 38.7. The van der Waals surface area contributed by atoms with Crippen molar-refractivity contribution in [2.45, 2.75) is 187 Å². The number of carbonyl (C=O) groups is 2. The molecule has 0 bridgehead atoms. The zero-order valence-corrected chi connectivity index (χ0v) is 45.1. The molecule has 1 aromatic carbocycles. The normalized spacial score (nSPS) is 18.0. The van der Waals surface area contributed by atoms with Gasteiger partial charge in [-0.05, 0) is 130 Å². The van der Waals surface area contributed by atoms with Gasteiger partial charge in [-0.25, -0.2) is 0 Å². The van der Waals surface area contributed by atoms with Gasteiger partial charge in [0.1, 0.15) is 11.5 Å². The number of hydrogen-bond acceptors (Lipinski definition) is 7. The van der Waals surface area contributed by atoms with Crippen molar-refractivity contribution in [2.24, 2.45) is 11.3 Å². The molecule has 0 aromatic heterocycles. The molecule has 1 aromatic rings. The molecule has 332 valence electrons. The first-order chi connectivity index (χ1) is 26.9. The highest BCUT2D eigenvalue weighted by Gasteiger charge is 2.47. The molecular formula is C45H81ClO7SSi4. The third-order valence-electron chi connectivity index (χ3n) is 11.0. The third kappa shape index (κ3) is 20.2. The summed E-state index contributed by atoms with van der Waals surface area (Å²) in [5.41, 5.74) is -0.0455. The summed E-state index contributed by atoms with van der Waals surface area (Å²) in [6, 6.07) is 7.40. The van der Waals surface area contributed by atoms with Crippen LogP contribution in [0.4, 0.5) is 0 Å². The summed E-state index contributed by atoms with van der Waals surface area (Å²) in [6.07, 6.45) is 15.4. The molecule has 0 unspecified atom stereocenters. The topological polar surface area (TPSA) is 91.3 Å². The molecule has 0 spiro atoms. The first-order valence-electron chi connectivity index (χ1n) is 22.0. The molecule has 0 amide bonds. The van der Waals surface area contributed by atoms with Crippen LogP contribution in [-0.4, -0.2) is 65.6 Å². The number of aliphatic carboxylic acids is 1. The minimum absolute atomic E-state index is 0.0916. The third-order valence-corrected chi connectivity index (χ3v) is 26.0. The smallest absolute Gasteiger partial charge is 0.316 e. The number of benzene rings is 1. The van der Waals surface area contributed by atoms with Crippen LogP contribution in [0.1, 0.15) is 139 Å². The molecular weight excluding hydrogens is 832 g/mol. The van der Waals surface area contributed by atoms with E-state index in [-0.39, 0.29) is 33.9 Å². The second-order valence-corrected chi connectivity index (χ2v) is 37.2. The predicted octanol–water partition coefficient (Wildman–Crippen LogP) is 13.0. The molecule has 3 atom stereocenters. The molecule has 0 aliphatic heterocycles. The van der Waals surface area contributed by atoms with Gasteiger partial charge in [0, 0.05) is 28.7 Å². The maximum atomic E-state index is 14.2. The van der Waals surface area contributed by atoms with Crippen LogP contribution in [0.25, 0.3) is 0 Å². The van der Waals surface area contributed by atoms with Crippen molar-refractivity contribution >= 4 is 71.5 Å². The standard InChI is InChI=1S/C45H81ClO7SSi4/c1-14-15-17-22-36(57(10,11)52-55-43(2,3)4)28-29-37-39(58(12,13)53-56-44(5,6)7)33-38(41(37)54-32-21-16-18-23-40(47)48)51-42(49)45(8,9)30-19-20-31-50-35-26-24-34(46)25-27-35/h24-29,36-37,39H,14-23,30-33,55-56H2,1-13H3,(H,47,48)/b29-28+/t36-,37-,39+/m0/s1. The van der Waals surface area contributed by atoms with E-state index in [1.807, 2.05) is 49.9 Å². The lowest BCUT2D eigenvalue weighted by Crippen LogP contribution is -2.41. The van der Waals surface area contributed by atoms with Crippen LogP contribution in [0.2, 0.25) is 52.4 Å². The SMILES string of the molecule is CCCCC[C@@H](/C=C/[C@@H]1C(SCCCCCC(=O)O)=C(OC(=O)C(C)(C)CCCCOc2ccc(Cl)cc2)C[C@H]1[Si](C)(C)O[SiH2]C(C)(C)C)[Si](C)(C)O[SiH2]C(C)(C)C. The number of carbonyl (C=O) groups excluding carboxylic acids is 1. The highest BCUT2D eigenvalue weighted by atomic mass is 35.5. The van der Waals surface area contributed by atoms with Gasteiger partial charge in [-0.3, -0.25) is 9.59 Å². The Kier molecular flexibility index (Phi) is 22.4. The molecule has 1 aliphatic carbocycles. The van der Waals surface area contributed by atoms with Gasteiger partial charge in [0.25, 0.3) is 0 Å². The number of carboxylic acid groups (broad SMARTS) is 1. The number of hydrogen-bond donors (Lipinski definition) is 1. The van der Waals surface area contributed by atoms with Crippen molar-refractivity contribution in [3.8, 4) is 5.75 Å². The van der Waals surface area contributed by atoms with Crippen molar-refractivity contribution in [3.05, 3.63) is 52.1 Å². The number of unbranched alkanes of at least 4 members (excludes halogenated alkanes) is 5. The van der Waals surface area contributed by atoms with Crippen LogP contribution >= 0.6 is 23.4 Å². The second-order valence-electron chi connectivity index (χ2n) is 20.6. The van der Waals surface area contributed by atoms with Crippen molar-refractivity contribution in [1.82, 2.24) is 0 Å². The summed E-state index contributed by atoms with van der Waals surface area (Å²) in [7, 11) is -5.86. The largest absolute Gasteiger partial charge is 0.494 e. The average Bonchev–Trinajstić information content (AvgIpc) is 3.46. The van der Waals surface area contributed by atoms with Gasteiger partial charge in [-0.1, -0.05) is 97.9 Å². The first-order valence-corrected chi connectivity index (χ1v) is 31.9. The first kappa shape index (κ1) is 53.0. The van der Waals surface area contributed by atoms with Crippen molar-refractivity contribution in [1.29, 1.82) is 0 Å². The number of allylic oxidation sites excluding steroid dienone is 4. The molecule has 58 heavy (non-hydrogen) atoms. The lowest BCUT2D eigenvalue weighted by Gasteiger charge is -2.37. The van der Waals surface area contributed by atoms with Crippen LogP contribution in [0.15, 0.2) is 47.1 Å². The maximum Gasteiger partial charge on any atom is 0.316 e. The Morgan fingerprint density at radius 1 is 0.897 bits per heavy atom. The van der Waals surface area contributed by atoms with Gasteiger partial charge in [0.2, 0.25) is 0 Å². The molecule has 1 N–H and O–H groups in total. The number of rotatable bonds is 27. The van der Waals surface area contributed by atoms with Gasteiger partial charge < -0.3 is 22.8 Å². The molecule has 1 aliphatic rings. The van der Waals surface area contributed by atoms with E-state index in [2.05, 4.69) is 86.8 Å². The molecule has 0 heterocycles. The minimum atomic E-state index is -2.28. The number of thioether (sulfide) groups is 1. The average molecular weight is 914 g/mol. The van der Waals surface area contributed by atoms with Crippen LogP contribution in [-0.2, 0) is 22.6 Å². The van der Waals surface area contributed by atoms with E-state index in [1.54, 1.807) is 0 Å². The Balaban J connectivity index is 2.48. The fourth-order valence-electron chi connectivity index (χ4n) is 7.01. The van der Waals surface area contributed by atoms with E-state index in [0.29, 0.717) is 36.4 Å². The molecule has 0 saturated carbocycles. The van der Waals surface area contributed by atoms with Crippen LogP contribution in [0, 0.1) is 11.3 Å². The fraction of sp³-hybridized carbons (Fsp3) is 0.733. The summed E-state index contributed by atoms with van der Waals surface area (Å²) < 4.78 is 26.6. The summed E-state index contributed by atoms with van der Waals surface area (Å²) in [6.45, 7) is 30.2. The van der Waals surface area contributed by atoms with E-state index >= 15 is 0 Å². The van der Waals surface area contributed by atoms with E-state index in [1.165, 1.54) is 24.2 Å². The molecule has 0 radical (unpaired) electrons. The van der Waals surface area contributed by atoms with Gasteiger partial charge in [0.15, 0.2) is 36.2 Å². The summed E-state index contributed by atoms with van der Waals surface area (Å²) in [4.78, 5) is 26.5. The maximum absolute atomic E-state index is 14.2. The van der Waals surface area contributed by atoms with E-state index in [9.17, 15) is 14.7 Å². The van der Waals surface area contributed by atoms with E-state index < -0.39 is 47.5 Å². The number of halogens is 1. The molecule has 7 nitrogen and oxygen atoms in total.